The maximum absolute atomic E-state index is 15.5. The molecule has 610 valence electrons. The summed E-state index contributed by atoms with van der Waals surface area (Å²) in [6.07, 6.45) is 9.67. The first-order valence-electron chi connectivity index (χ1n) is 39.1. The lowest BCUT2D eigenvalue weighted by Crippen LogP contribution is -2.50. The largest absolute Gasteiger partial charge is 0.458 e. The van der Waals surface area contributed by atoms with Crippen LogP contribution < -0.4 is 37.5 Å². The fourth-order valence-corrected chi connectivity index (χ4v) is 14.9. The average molecular weight is 1560 g/mol. The van der Waals surface area contributed by atoms with Crippen LogP contribution in [0.4, 0.5) is 4.39 Å². The number of nitrogens with one attached hydrogen (secondary N) is 6. The van der Waals surface area contributed by atoms with Gasteiger partial charge in [-0.25, -0.2) is 14.2 Å². The van der Waals surface area contributed by atoms with E-state index >= 15 is 4.39 Å². The summed E-state index contributed by atoms with van der Waals surface area (Å²) in [6.45, 7) is 8.37. The standard InChI is InChI=1S/C80H106FN9O22/c1-3-80(102)60-43-65-75-58(47-90(65)78(100)59(60)48-111-79(80)101)74-62(21-20-56-51(2)61(81)44-63(87-75)73(56)74)88-76(98)54-13-17-55(18-14-54)112-50-85-69(94)46-84-77(99)64(42-52-10-6-4-7-11-52)86-68(93)22-16-53-15-19-57(53)66(91)45-83-70(95)49-110-41-40-109-39-38-108-37-36-107-35-34-106-33-32-105-31-30-104-29-28-103-27-25-82-67(92)12-8-5-9-26-89-71(96)23-24-72(89)97/h4,6-7,10-11,23-24,43-44,53-55,57,62,64,102H,3,5,8-9,12-22,25-42,45-50H2,1-2H3,(H,82,92)(H,83,95)(H,84,99)(H,85,94)(H,86,93)(H,88,98)/t53?,54?,55?,57?,62-,64-,80-/m0/s1. The topological polar surface area (TPSA) is 394 Å². The number of aryl methyl sites for hydroxylation is 1. The van der Waals surface area contributed by atoms with Gasteiger partial charge in [0, 0.05) is 78.9 Å². The normalized spacial score (nSPS) is 19.6. The first kappa shape index (κ1) is 85.6. The second kappa shape index (κ2) is 43.4. The van der Waals surface area contributed by atoms with Crippen LogP contribution in [0.1, 0.15) is 142 Å². The van der Waals surface area contributed by atoms with E-state index in [0.29, 0.717) is 198 Å². The number of imide groups is 1. The van der Waals surface area contributed by atoms with E-state index in [4.69, 9.17) is 52.4 Å². The van der Waals surface area contributed by atoms with Crippen molar-refractivity contribution in [3.8, 4) is 11.4 Å². The van der Waals surface area contributed by atoms with Crippen molar-refractivity contribution < 1.29 is 105 Å². The smallest absolute Gasteiger partial charge is 0.343 e. The minimum absolute atomic E-state index is 0.0255. The van der Waals surface area contributed by atoms with Crippen molar-refractivity contribution in [2.24, 2.45) is 17.8 Å². The van der Waals surface area contributed by atoms with Crippen LogP contribution in [0, 0.1) is 30.5 Å². The van der Waals surface area contributed by atoms with Crippen LogP contribution >= 0.6 is 0 Å². The van der Waals surface area contributed by atoms with Gasteiger partial charge in [0.15, 0.2) is 11.4 Å². The van der Waals surface area contributed by atoms with Crippen LogP contribution in [-0.4, -0.2) is 229 Å². The second-order valence-electron chi connectivity index (χ2n) is 28.7. The van der Waals surface area contributed by atoms with Gasteiger partial charge in [-0.2, -0.15) is 0 Å². The number of carbonyl (C=O) groups is 10. The minimum Gasteiger partial charge on any atom is -0.458 e. The number of Topliss-reactive ketones (excluding diaryl/α,β-unsaturated/α-hetero) is 1. The van der Waals surface area contributed by atoms with E-state index in [1.165, 1.54) is 27.7 Å². The Bertz CT molecular complexity index is 4020. The van der Waals surface area contributed by atoms with Gasteiger partial charge in [0.2, 0.25) is 35.4 Å². The van der Waals surface area contributed by atoms with Crippen molar-refractivity contribution in [1.29, 1.82) is 0 Å². The van der Waals surface area contributed by atoms with E-state index in [9.17, 15) is 57.8 Å². The van der Waals surface area contributed by atoms with Gasteiger partial charge in [-0.1, -0.05) is 43.7 Å². The van der Waals surface area contributed by atoms with Crippen LogP contribution in [0.3, 0.4) is 0 Å². The Morgan fingerprint density at radius 2 is 1.31 bits per heavy atom. The van der Waals surface area contributed by atoms with Crippen molar-refractivity contribution in [2.45, 2.75) is 154 Å². The van der Waals surface area contributed by atoms with E-state index in [1.54, 1.807) is 19.9 Å². The zero-order chi connectivity index (χ0) is 79.4. The molecule has 32 heteroatoms. The third kappa shape index (κ3) is 23.9. The summed E-state index contributed by atoms with van der Waals surface area (Å²) in [5, 5.41) is 29.1. The fourth-order valence-electron chi connectivity index (χ4n) is 14.9. The molecule has 112 heavy (non-hydrogen) atoms. The number of ether oxygens (including phenoxy) is 10. The van der Waals surface area contributed by atoms with Crippen LogP contribution in [0.25, 0.3) is 22.3 Å². The molecule has 2 aromatic heterocycles. The first-order valence-corrected chi connectivity index (χ1v) is 39.1. The molecule has 0 radical (unpaired) electrons. The van der Waals surface area contributed by atoms with Crippen molar-refractivity contribution in [3.05, 3.63) is 110 Å². The first-order chi connectivity index (χ1) is 54.3. The molecule has 0 spiro atoms. The lowest BCUT2D eigenvalue weighted by molar-refractivity contribution is -0.172. The molecule has 2 unspecified atom stereocenters. The summed E-state index contributed by atoms with van der Waals surface area (Å²) >= 11 is 0. The molecule has 5 heterocycles. The molecule has 10 rings (SSSR count). The summed E-state index contributed by atoms with van der Waals surface area (Å²) in [4.78, 5) is 148. The number of hydrogen-bond acceptors (Lipinski definition) is 23. The number of amides is 8. The lowest BCUT2D eigenvalue weighted by atomic mass is 9.69. The molecule has 2 saturated carbocycles. The molecular weight excluding hydrogens is 1460 g/mol. The van der Waals surface area contributed by atoms with Crippen molar-refractivity contribution >= 4 is 69.9 Å². The number of rotatable bonds is 50. The molecular formula is C80H106FN9O22. The van der Waals surface area contributed by atoms with E-state index < -0.39 is 65.2 Å². The van der Waals surface area contributed by atoms with Gasteiger partial charge in [-0.3, -0.25) is 52.8 Å². The zero-order valence-electron chi connectivity index (χ0n) is 64.0. The number of hydrogen-bond donors (Lipinski definition) is 7. The molecule has 2 aromatic carbocycles. The van der Waals surface area contributed by atoms with Gasteiger partial charge in [-0.05, 0) is 118 Å². The number of benzene rings is 2. The Balaban J connectivity index is 0.518. The second-order valence-corrected chi connectivity index (χ2v) is 28.7. The van der Waals surface area contributed by atoms with Crippen LogP contribution in [0.15, 0.2) is 59.4 Å². The number of fused-ring (bicyclic) bond motifs is 5. The van der Waals surface area contributed by atoms with Crippen LogP contribution in [0.2, 0.25) is 0 Å². The van der Waals surface area contributed by atoms with Crippen LogP contribution in [-0.2, 0) is 127 Å². The number of carbonyl (C=O) groups excluding carboxylic acids is 10. The molecule has 3 aliphatic carbocycles. The van der Waals surface area contributed by atoms with Gasteiger partial charge < -0.3 is 88.9 Å². The number of unbranched alkanes of at least 4 members (excludes halogenated alkanes) is 2. The molecule has 4 aromatic rings. The summed E-state index contributed by atoms with van der Waals surface area (Å²) in [7, 11) is 0. The predicted molar refractivity (Wildman–Crippen MR) is 401 cm³/mol. The molecule has 6 aliphatic rings. The summed E-state index contributed by atoms with van der Waals surface area (Å²) < 4.78 is 72.4. The van der Waals surface area contributed by atoms with Gasteiger partial charge in [0.1, 0.15) is 31.8 Å². The quantitative estimate of drug-likeness (QED) is 0.0127. The number of esters is 1. The summed E-state index contributed by atoms with van der Waals surface area (Å²) in [5.74, 6) is -4.89. The Morgan fingerprint density at radius 1 is 0.670 bits per heavy atom. The number of ketones is 1. The van der Waals surface area contributed by atoms with Crippen molar-refractivity contribution in [3.63, 3.8) is 0 Å². The Hall–Kier alpha value is -8.83. The lowest BCUT2D eigenvalue weighted by Gasteiger charge is -2.35. The predicted octanol–water partition coefficient (Wildman–Crippen LogP) is 3.35. The summed E-state index contributed by atoms with van der Waals surface area (Å²) in [5.41, 5.74) is 2.61. The van der Waals surface area contributed by atoms with Gasteiger partial charge in [0.25, 0.3) is 17.4 Å². The highest BCUT2D eigenvalue weighted by atomic mass is 19.1. The Morgan fingerprint density at radius 3 is 1.95 bits per heavy atom. The van der Waals surface area contributed by atoms with Crippen molar-refractivity contribution in [2.75, 3.05) is 139 Å². The van der Waals surface area contributed by atoms with Crippen LogP contribution in [0.5, 0.6) is 0 Å². The highest BCUT2D eigenvalue weighted by molar-refractivity contribution is 6.12. The molecule has 31 nitrogen and oxygen atoms in total. The highest BCUT2D eigenvalue weighted by Gasteiger charge is 2.46. The molecule has 7 N–H and O–H groups in total. The number of aliphatic hydroxyl groups is 1. The monoisotopic (exact) mass is 1560 g/mol. The van der Waals surface area contributed by atoms with E-state index in [-0.39, 0.29) is 130 Å². The van der Waals surface area contributed by atoms with E-state index in [2.05, 4.69) is 31.9 Å². The zero-order valence-corrected chi connectivity index (χ0v) is 64.0. The van der Waals surface area contributed by atoms with Gasteiger partial charge in [0.05, 0.1) is 153 Å². The average Bonchev–Trinajstić information content (AvgIpc) is 1.50. The molecule has 8 amide bonds. The SMILES string of the molecule is CC[C@@]1(O)C(=O)OCc2c1cc1n(c2=O)Cc2c-1nc1cc(F)c(C)c3c1c2[C@@H](NC(=O)C1CCC(OCNC(=O)CNC(=O)[C@H](Cc2ccccc2)NC(=O)CCC2CCC2C(=O)CNC(=O)COCCOCCOCCOCCOCCOCCOCCOCCNC(=O)CCCCCN2C(=O)C=CC2=O)CC1)CC3. The van der Waals surface area contributed by atoms with E-state index in [1.807, 2.05) is 30.3 Å². The molecule has 3 aliphatic heterocycles. The molecule has 0 bridgehead atoms. The third-order valence-corrected chi connectivity index (χ3v) is 21.3. The summed E-state index contributed by atoms with van der Waals surface area (Å²) in [6, 6.07) is 10.6. The molecule has 2 fully saturated rings. The highest BCUT2D eigenvalue weighted by Crippen LogP contribution is 2.47. The van der Waals surface area contributed by atoms with Gasteiger partial charge >= 0.3 is 5.97 Å². The number of aromatic nitrogens is 2. The molecule has 5 atom stereocenters. The maximum atomic E-state index is 15.5. The Kier molecular flexibility index (Phi) is 33.2. The maximum Gasteiger partial charge on any atom is 0.343 e. The number of cyclic esters (lactones) is 1. The van der Waals surface area contributed by atoms with Crippen molar-refractivity contribution in [1.82, 2.24) is 46.4 Å². The van der Waals surface area contributed by atoms with E-state index in [0.717, 1.165) is 34.9 Å². The number of halogens is 1. The number of nitrogens with zero attached hydrogens (tertiary/aromatic N) is 3. The van der Waals surface area contributed by atoms with Gasteiger partial charge in [-0.15, -0.1) is 0 Å². The number of pyridine rings is 2. The third-order valence-electron chi connectivity index (χ3n) is 21.3. The molecule has 0 saturated heterocycles. The fraction of sp³-hybridized carbons (Fsp3) is 0.600. The minimum atomic E-state index is -2.03. The Labute approximate surface area is 649 Å².